The Morgan fingerprint density at radius 2 is 2.00 bits per heavy atom. The molecule has 31 heavy (non-hydrogen) atoms. The minimum atomic E-state index is 0.0985. The minimum absolute atomic E-state index is 0.0985. The molecule has 0 bridgehead atoms. The number of amides is 1. The molecule has 9 heteroatoms. The fourth-order valence-corrected chi connectivity index (χ4v) is 3.81. The number of carbonyl (C=O) groups is 1. The standard InChI is InChI=1S/C22H29N7O2/c1-31-13-9-25-20-18-15-28(10-6-19(18)26-22(23)27-20)14-16-2-4-17(5-3-16)21(30)29-11-7-24-8-12-29/h2-6,10,24H,7-9,11-15H2,1H3,(H3,23,25,26,27). The Labute approximate surface area is 182 Å². The molecule has 2 aromatic rings. The third kappa shape index (κ3) is 5.12. The molecule has 0 atom stereocenters. The number of anilines is 2. The summed E-state index contributed by atoms with van der Waals surface area (Å²) in [5.74, 6) is 1.09. The van der Waals surface area contributed by atoms with E-state index < -0.39 is 0 Å². The van der Waals surface area contributed by atoms with Gasteiger partial charge in [-0.15, -0.1) is 0 Å². The van der Waals surface area contributed by atoms with Crippen molar-refractivity contribution in [1.82, 2.24) is 25.1 Å². The number of ether oxygens (including phenoxy) is 1. The van der Waals surface area contributed by atoms with Crippen LogP contribution in [0.1, 0.15) is 27.2 Å². The first-order valence-electron chi connectivity index (χ1n) is 10.5. The van der Waals surface area contributed by atoms with Gasteiger partial charge < -0.3 is 30.9 Å². The molecule has 1 amide bonds. The first-order chi connectivity index (χ1) is 15.1. The molecule has 0 spiro atoms. The van der Waals surface area contributed by atoms with Gasteiger partial charge in [-0.25, -0.2) is 4.98 Å². The summed E-state index contributed by atoms with van der Waals surface area (Å²) in [6, 6.07) is 7.89. The molecule has 0 unspecified atom stereocenters. The van der Waals surface area contributed by atoms with E-state index in [0.717, 1.165) is 60.9 Å². The maximum absolute atomic E-state index is 12.6. The molecule has 1 aromatic heterocycles. The van der Waals surface area contributed by atoms with Crippen molar-refractivity contribution in [3.8, 4) is 0 Å². The van der Waals surface area contributed by atoms with Crippen molar-refractivity contribution in [3.05, 3.63) is 52.8 Å². The second kappa shape index (κ2) is 9.76. The lowest BCUT2D eigenvalue weighted by molar-refractivity contribution is 0.0736. The smallest absolute Gasteiger partial charge is 0.253 e. The number of fused-ring (bicyclic) bond motifs is 1. The van der Waals surface area contributed by atoms with E-state index in [1.165, 1.54) is 0 Å². The van der Waals surface area contributed by atoms with Crippen LogP contribution in [0.5, 0.6) is 0 Å². The Morgan fingerprint density at radius 3 is 2.74 bits per heavy atom. The van der Waals surface area contributed by atoms with Crippen molar-refractivity contribution >= 4 is 23.7 Å². The lowest BCUT2D eigenvalue weighted by Gasteiger charge is -2.28. The molecule has 1 aromatic carbocycles. The first kappa shape index (κ1) is 21.1. The van der Waals surface area contributed by atoms with E-state index >= 15 is 0 Å². The fraction of sp³-hybridized carbons (Fsp3) is 0.409. The molecule has 1 fully saturated rings. The van der Waals surface area contributed by atoms with Gasteiger partial charge in [0.05, 0.1) is 12.3 Å². The number of aromatic nitrogens is 2. The number of rotatable bonds is 7. The van der Waals surface area contributed by atoms with Crippen molar-refractivity contribution in [2.24, 2.45) is 0 Å². The Kier molecular flexibility index (Phi) is 6.63. The topological polar surface area (TPSA) is 109 Å². The number of nitrogens with zero attached hydrogens (tertiary/aromatic N) is 4. The molecule has 2 aliphatic rings. The van der Waals surface area contributed by atoms with Crippen molar-refractivity contribution < 1.29 is 9.53 Å². The number of piperazine rings is 1. The summed E-state index contributed by atoms with van der Waals surface area (Å²) in [5, 5.41) is 6.56. The van der Waals surface area contributed by atoms with Crippen LogP contribution in [0, 0.1) is 0 Å². The summed E-state index contributed by atoms with van der Waals surface area (Å²) in [6.07, 6.45) is 3.98. The van der Waals surface area contributed by atoms with E-state index in [9.17, 15) is 4.79 Å². The predicted molar refractivity (Wildman–Crippen MR) is 120 cm³/mol. The normalized spacial score (nSPS) is 15.6. The molecule has 164 valence electrons. The first-order valence-corrected chi connectivity index (χ1v) is 10.5. The highest BCUT2D eigenvalue weighted by Gasteiger charge is 2.20. The summed E-state index contributed by atoms with van der Waals surface area (Å²) in [4.78, 5) is 25.5. The molecular formula is C22H29N7O2. The summed E-state index contributed by atoms with van der Waals surface area (Å²) in [7, 11) is 1.67. The van der Waals surface area contributed by atoms with Crippen LogP contribution in [0.15, 0.2) is 30.5 Å². The maximum atomic E-state index is 12.6. The van der Waals surface area contributed by atoms with Gasteiger partial charge in [0.25, 0.3) is 5.91 Å². The van der Waals surface area contributed by atoms with Gasteiger partial charge in [0.2, 0.25) is 5.95 Å². The van der Waals surface area contributed by atoms with E-state index in [1.54, 1.807) is 7.11 Å². The molecular weight excluding hydrogens is 394 g/mol. The molecule has 2 aliphatic heterocycles. The van der Waals surface area contributed by atoms with Crippen LogP contribution in [-0.4, -0.2) is 72.1 Å². The number of carbonyl (C=O) groups excluding carboxylic acids is 1. The van der Waals surface area contributed by atoms with Crippen LogP contribution in [0.4, 0.5) is 11.8 Å². The van der Waals surface area contributed by atoms with Crippen molar-refractivity contribution in [3.63, 3.8) is 0 Å². The van der Waals surface area contributed by atoms with Crippen LogP contribution in [0.25, 0.3) is 6.08 Å². The quantitative estimate of drug-likeness (QED) is 0.569. The molecule has 1 saturated heterocycles. The van der Waals surface area contributed by atoms with Gasteiger partial charge in [-0.05, 0) is 23.8 Å². The Hall–Kier alpha value is -3.17. The second-order valence-electron chi connectivity index (χ2n) is 7.67. The number of hydrogen-bond acceptors (Lipinski definition) is 8. The highest BCUT2D eigenvalue weighted by molar-refractivity contribution is 5.94. The Balaban J connectivity index is 1.42. The van der Waals surface area contributed by atoms with Gasteiger partial charge in [-0.1, -0.05) is 12.1 Å². The monoisotopic (exact) mass is 423 g/mol. The number of benzene rings is 1. The molecule has 9 nitrogen and oxygen atoms in total. The van der Waals surface area contributed by atoms with E-state index in [1.807, 2.05) is 41.4 Å². The van der Waals surface area contributed by atoms with Crippen LogP contribution >= 0.6 is 0 Å². The molecule has 0 saturated carbocycles. The second-order valence-corrected chi connectivity index (χ2v) is 7.67. The highest BCUT2D eigenvalue weighted by Crippen LogP contribution is 2.26. The van der Waals surface area contributed by atoms with Crippen LogP contribution in [0.2, 0.25) is 0 Å². The fourth-order valence-electron chi connectivity index (χ4n) is 3.81. The number of nitrogens with one attached hydrogen (secondary N) is 2. The summed E-state index contributed by atoms with van der Waals surface area (Å²) < 4.78 is 5.11. The zero-order valence-corrected chi connectivity index (χ0v) is 17.8. The van der Waals surface area contributed by atoms with Crippen molar-refractivity contribution in [2.45, 2.75) is 13.1 Å². The zero-order chi connectivity index (χ0) is 21.6. The minimum Gasteiger partial charge on any atom is -0.383 e. The summed E-state index contributed by atoms with van der Waals surface area (Å²) in [6.45, 7) is 5.83. The average Bonchev–Trinajstić information content (AvgIpc) is 2.80. The summed E-state index contributed by atoms with van der Waals surface area (Å²) in [5.41, 5.74) is 9.58. The molecule has 4 N–H and O–H groups in total. The third-order valence-electron chi connectivity index (χ3n) is 5.45. The van der Waals surface area contributed by atoms with E-state index in [4.69, 9.17) is 10.5 Å². The Morgan fingerprint density at radius 1 is 1.23 bits per heavy atom. The number of methoxy groups -OCH3 is 1. The van der Waals surface area contributed by atoms with Gasteiger partial charge >= 0.3 is 0 Å². The molecule has 0 aliphatic carbocycles. The predicted octanol–water partition coefficient (Wildman–Crippen LogP) is 1.15. The van der Waals surface area contributed by atoms with Crippen molar-refractivity contribution in [2.75, 3.05) is 57.5 Å². The van der Waals surface area contributed by atoms with Gasteiger partial charge in [0.15, 0.2) is 0 Å². The van der Waals surface area contributed by atoms with Gasteiger partial charge in [0.1, 0.15) is 5.82 Å². The largest absolute Gasteiger partial charge is 0.383 e. The lowest BCUT2D eigenvalue weighted by atomic mass is 10.1. The van der Waals surface area contributed by atoms with Crippen LogP contribution < -0.4 is 16.4 Å². The van der Waals surface area contributed by atoms with Crippen molar-refractivity contribution in [1.29, 1.82) is 0 Å². The summed E-state index contributed by atoms with van der Waals surface area (Å²) >= 11 is 0. The highest BCUT2D eigenvalue weighted by atomic mass is 16.5. The molecule has 4 rings (SSSR count). The van der Waals surface area contributed by atoms with Gasteiger partial charge in [-0.3, -0.25) is 4.79 Å². The third-order valence-corrected chi connectivity index (χ3v) is 5.45. The number of nitrogens with two attached hydrogens (primary N) is 1. The van der Waals surface area contributed by atoms with E-state index in [-0.39, 0.29) is 11.9 Å². The lowest BCUT2D eigenvalue weighted by Crippen LogP contribution is -2.46. The molecule has 0 radical (unpaired) electrons. The molecule has 3 heterocycles. The Bertz CT molecular complexity index is 940. The van der Waals surface area contributed by atoms with Crippen LogP contribution in [0.3, 0.4) is 0 Å². The number of nitrogen functional groups attached to an aromatic ring is 1. The average molecular weight is 424 g/mol. The number of hydrogen-bond donors (Lipinski definition) is 3. The SMILES string of the molecule is COCCNc1nc(N)nc2c1CN(Cc1ccc(C(=O)N3CCNCC3)cc1)C=C2. The van der Waals surface area contributed by atoms with E-state index in [2.05, 4.69) is 25.5 Å². The van der Waals surface area contributed by atoms with Crippen LogP contribution in [-0.2, 0) is 17.8 Å². The van der Waals surface area contributed by atoms with Gasteiger partial charge in [-0.2, -0.15) is 4.98 Å². The van der Waals surface area contributed by atoms with Gasteiger partial charge in [0, 0.05) is 70.2 Å². The maximum Gasteiger partial charge on any atom is 0.253 e. The zero-order valence-electron chi connectivity index (χ0n) is 17.8. The van der Waals surface area contributed by atoms with E-state index in [0.29, 0.717) is 19.7 Å².